The summed E-state index contributed by atoms with van der Waals surface area (Å²) >= 11 is 0. The van der Waals surface area contributed by atoms with Crippen molar-refractivity contribution in [3.63, 3.8) is 0 Å². The van der Waals surface area contributed by atoms with Crippen molar-refractivity contribution in [3.8, 4) is 11.5 Å². The number of aromatic nitrogens is 2. The Morgan fingerprint density at radius 2 is 2.00 bits per heavy atom. The van der Waals surface area contributed by atoms with E-state index in [0.29, 0.717) is 39.0 Å². The number of ether oxygens (including phenoxy) is 2. The quantitative estimate of drug-likeness (QED) is 0.559. The molecule has 1 amide bonds. The monoisotopic (exact) mass is 367 g/mol. The van der Waals surface area contributed by atoms with Crippen LogP contribution in [0.15, 0.2) is 54.9 Å². The number of benzene rings is 1. The van der Waals surface area contributed by atoms with Crippen molar-refractivity contribution in [1.29, 1.82) is 0 Å². The number of nitrogens with one attached hydrogen (secondary N) is 1. The number of hydrogen-bond acceptors (Lipinski definition) is 4. The van der Waals surface area contributed by atoms with Gasteiger partial charge in [-0.2, -0.15) is 0 Å². The molecule has 1 N–H and O–H groups in total. The number of fused-ring (bicyclic) bond motifs is 1. The predicted molar refractivity (Wildman–Crippen MR) is 104 cm³/mol. The Morgan fingerprint density at radius 1 is 1.15 bits per heavy atom. The Morgan fingerprint density at radius 3 is 2.81 bits per heavy atom. The second-order valence-electron chi connectivity index (χ2n) is 6.13. The third-order valence-corrected chi connectivity index (χ3v) is 4.06. The third-order valence-electron chi connectivity index (χ3n) is 4.06. The highest BCUT2D eigenvalue weighted by atomic mass is 16.5. The summed E-state index contributed by atoms with van der Waals surface area (Å²) in [6.07, 6.45) is 5.73. The van der Waals surface area contributed by atoms with Gasteiger partial charge in [0.05, 0.1) is 18.9 Å². The van der Waals surface area contributed by atoms with Crippen LogP contribution >= 0.6 is 0 Å². The minimum atomic E-state index is 0.0328. The van der Waals surface area contributed by atoms with Crippen LogP contribution in [0.4, 0.5) is 0 Å². The van der Waals surface area contributed by atoms with Gasteiger partial charge in [-0.05, 0) is 37.6 Å². The molecule has 6 heteroatoms. The highest BCUT2D eigenvalue weighted by Crippen LogP contribution is 2.19. The van der Waals surface area contributed by atoms with Crippen LogP contribution in [-0.4, -0.2) is 35.1 Å². The smallest absolute Gasteiger partial charge is 0.220 e. The van der Waals surface area contributed by atoms with Crippen LogP contribution in [0.3, 0.4) is 0 Å². The Balaban J connectivity index is 1.38. The fourth-order valence-electron chi connectivity index (χ4n) is 2.78. The van der Waals surface area contributed by atoms with Gasteiger partial charge in [-0.3, -0.25) is 4.79 Å². The van der Waals surface area contributed by atoms with Crippen molar-refractivity contribution >= 4 is 11.6 Å². The van der Waals surface area contributed by atoms with Gasteiger partial charge in [0.25, 0.3) is 0 Å². The molecule has 27 heavy (non-hydrogen) atoms. The first-order chi connectivity index (χ1) is 13.3. The lowest BCUT2D eigenvalue weighted by molar-refractivity contribution is -0.121. The Labute approximate surface area is 159 Å². The number of rotatable bonds is 10. The van der Waals surface area contributed by atoms with E-state index >= 15 is 0 Å². The molecule has 0 aliphatic heterocycles. The molecule has 0 saturated carbocycles. The van der Waals surface area contributed by atoms with E-state index in [1.54, 1.807) is 0 Å². The summed E-state index contributed by atoms with van der Waals surface area (Å²) in [6, 6.07) is 13.5. The van der Waals surface area contributed by atoms with Crippen LogP contribution < -0.4 is 14.8 Å². The van der Waals surface area contributed by atoms with Gasteiger partial charge in [-0.25, -0.2) is 4.98 Å². The summed E-state index contributed by atoms with van der Waals surface area (Å²) in [5.41, 5.74) is 1.73. The number of amides is 1. The highest BCUT2D eigenvalue weighted by Gasteiger charge is 2.08. The van der Waals surface area contributed by atoms with Gasteiger partial charge in [0.1, 0.15) is 5.75 Å². The molecule has 0 aliphatic rings. The SMILES string of the molecule is CCOc1cccn2cc(CCNC(=O)CCCOc3ccccc3)nc12. The van der Waals surface area contributed by atoms with Crippen LogP contribution in [-0.2, 0) is 11.2 Å². The molecule has 0 fully saturated rings. The van der Waals surface area contributed by atoms with Gasteiger partial charge in [-0.15, -0.1) is 0 Å². The van der Waals surface area contributed by atoms with Crippen molar-refractivity contribution in [2.75, 3.05) is 19.8 Å². The predicted octanol–water partition coefficient (Wildman–Crippen LogP) is 3.25. The van der Waals surface area contributed by atoms with Crippen molar-refractivity contribution in [3.05, 3.63) is 60.6 Å². The molecule has 3 rings (SSSR count). The lowest BCUT2D eigenvalue weighted by Crippen LogP contribution is -2.25. The molecule has 142 valence electrons. The first-order valence-corrected chi connectivity index (χ1v) is 9.30. The van der Waals surface area contributed by atoms with Gasteiger partial charge >= 0.3 is 0 Å². The molecule has 0 bridgehead atoms. The van der Waals surface area contributed by atoms with E-state index in [0.717, 1.165) is 22.8 Å². The minimum absolute atomic E-state index is 0.0328. The highest BCUT2D eigenvalue weighted by molar-refractivity contribution is 5.75. The standard InChI is InChI=1S/C21H25N3O3/c1-2-26-19-10-6-14-24-16-17(23-21(19)24)12-13-22-20(25)11-7-15-27-18-8-4-3-5-9-18/h3-6,8-10,14,16H,2,7,11-13,15H2,1H3,(H,22,25). The minimum Gasteiger partial charge on any atom is -0.494 e. The zero-order chi connectivity index (χ0) is 18.9. The molecule has 6 nitrogen and oxygen atoms in total. The van der Waals surface area contributed by atoms with Crippen molar-refractivity contribution in [2.24, 2.45) is 0 Å². The van der Waals surface area contributed by atoms with Crippen LogP contribution in [0.25, 0.3) is 5.65 Å². The molecule has 0 spiro atoms. The second kappa shape index (κ2) is 9.62. The van der Waals surface area contributed by atoms with E-state index in [9.17, 15) is 4.79 Å². The van der Waals surface area contributed by atoms with Gasteiger partial charge in [-0.1, -0.05) is 18.2 Å². The van der Waals surface area contributed by atoms with E-state index in [2.05, 4.69) is 10.3 Å². The average molecular weight is 367 g/mol. The number of para-hydroxylation sites is 1. The zero-order valence-electron chi connectivity index (χ0n) is 15.6. The molecule has 0 saturated heterocycles. The number of carbonyl (C=O) groups excluding carboxylic acids is 1. The van der Waals surface area contributed by atoms with Gasteiger partial charge in [0, 0.05) is 31.8 Å². The van der Waals surface area contributed by atoms with Crippen LogP contribution in [0.1, 0.15) is 25.5 Å². The number of nitrogens with zero attached hydrogens (tertiary/aromatic N) is 2. The Bertz CT molecular complexity index is 861. The molecule has 1 aromatic carbocycles. The number of hydrogen-bond donors (Lipinski definition) is 1. The van der Waals surface area contributed by atoms with Crippen LogP contribution in [0.5, 0.6) is 11.5 Å². The average Bonchev–Trinajstić information content (AvgIpc) is 3.10. The number of imidazole rings is 1. The van der Waals surface area contributed by atoms with Crippen molar-refractivity contribution in [1.82, 2.24) is 14.7 Å². The summed E-state index contributed by atoms with van der Waals surface area (Å²) in [5, 5.41) is 2.94. The van der Waals surface area contributed by atoms with Crippen LogP contribution in [0, 0.1) is 0 Å². The summed E-state index contributed by atoms with van der Waals surface area (Å²) in [6.45, 7) is 3.65. The normalized spacial score (nSPS) is 10.7. The first kappa shape index (κ1) is 18.8. The second-order valence-corrected chi connectivity index (χ2v) is 6.13. The van der Waals surface area contributed by atoms with E-state index in [1.807, 2.05) is 66.2 Å². The molecular formula is C21H25N3O3. The third kappa shape index (κ3) is 5.48. The summed E-state index contributed by atoms with van der Waals surface area (Å²) in [7, 11) is 0. The Hall–Kier alpha value is -3.02. The van der Waals surface area contributed by atoms with E-state index in [4.69, 9.17) is 9.47 Å². The number of pyridine rings is 1. The van der Waals surface area contributed by atoms with Gasteiger partial charge in [0.2, 0.25) is 5.91 Å². The van der Waals surface area contributed by atoms with Crippen LogP contribution in [0.2, 0.25) is 0 Å². The zero-order valence-corrected chi connectivity index (χ0v) is 15.6. The van der Waals surface area contributed by atoms with Crippen molar-refractivity contribution < 1.29 is 14.3 Å². The maximum atomic E-state index is 11.9. The number of carbonyl (C=O) groups is 1. The first-order valence-electron chi connectivity index (χ1n) is 9.30. The lowest BCUT2D eigenvalue weighted by atomic mass is 10.3. The topological polar surface area (TPSA) is 64.9 Å². The molecule has 0 atom stereocenters. The fraction of sp³-hybridized carbons (Fsp3) is 0.333. The maximum absolute atomic E-state index is 11.9. The van der Waals surface area contributed by atoms with Gasteiger partial charge < -0.3 is 19.2 Å². The van der Waals surface area contributed by atoms with Crippen molar-refractivity contribution in [2.45, 2.75) is 26.2 Å². The maximum Gasteiger partial charge on any atom is 0.220 e. The Kier molecular flexibility index (Phi) is 6.68. The van der Waals surface area contributed by atoms with Gasteiger partial charge in [0.15, 0.2) is 11.4 Å². The summed E-state index contributed by atoms with van der Waals surface area (Å²) in [4.78, 5) is 16.5. The molecule has 0 aliphatic carbocycles. The van der Waals surface area contributed by atoms with E-state index < -0.39 is 0 Å². The molecule has 2 aromatic heterocycles. The fourth-order valence-corrected chi connectivity index (χ4v) is 2.78. The summed E-state index contributed by atoms with van der Waals surface area (Å²) in [5.74, 6) is 1.63. The van der Waals surface area contributed by atoms with E-state index in [-0.39, 0.29) is 5.91 Å². The van der Waals surface area contributed by atoms with E-state index in [1.165, 1.54) is 0 Å². The molecule has 3 aromatic rings. The summed E-state index contributed by atoms with van der Waals surface area (Å²) < 4.78 is 13.1. The molecule has 2 heterocycles. The molecule has 0 unspecified atom stereocenters. The molecule has 0 radical (unpaired) electrons. The molecular weight excluding hydrogens is 342 g/mol. The lowest BCUT2D eigenvalue weighted by Gasteiger charge is -2.06. The largest absolute Gasteiger partial charge is 0.494 e.